The van der Waals surface area contributed by atoms with E-state index in [1.807, 2.05) is 0 Å². The molecule has 0 radical (unpaired) electrons. The van der Waals surface area contributed by atoms with Gasteiger partial charge in [-0.1, -0.05) is 20.8 Å². The Morgan fingerprint density at radius 3 is 2.69 bits per heavy atom. The Hall–Kier alpha value is -0.320. The van der Waals surface area contributed by atoms with Crippen LogP contribution < -0.4 is 10.6 Å². The van der Waals surface area contributed by atoms with Crippen LogP contribution in [0.15, 0.2) is 0 Å². The van der Waals surface area contributed by atoms with E-state index >= 15 is 0 Å². The molecule has 1 aliphatic heterocycles. The molecule has 0 aromatic rings. The molecule has 4 nitrogen and oxygen atoms in total. The van der Waals surface area contributed by atoms with Crippen LogP contribution in [0.5, 0.6) is 0 Å². The van der Waals surface area contributed by atoms with Gasteiger partial charge in [0.05, 0.1) is 6.61 Å². The highest BCUT2D eigenvalue weighted by molar-refractivity contribution is 5.85. The number of halogens is 1. The third kappa shape index (κ3) is 6.30. The molecule has 0 aromatic carbocycles. The van der Waals surface area contributed by atoms with Gasteiger partial charge in [-0.25, -0.2) is 0 Å². The minimum atomic E-state index is -0.307. The molecule has 0 spiro atoms. The number of carbonyl (C=O) groups excluding carboxylic acids is 1. The van der Waals surface area contributed by atoms with Crippen LogP contribution in [0.1, 0.15) is 27.2 Å². The number of hydrogen-bond donors (Lipinski definition) is 2. The van der Waals surface area contributed by atoms with E-state index in [-0.39, 0.29) is 29.8 Å². The van der Waals surface area contributed by atoms with Gasteiger partial charge in [-0.15, -0.1) is 12.4 Å². The summed E-state index contributed by atoms with van der Waals surface area (Å²) in [6.45, 7) is 9.31. The van der Waals surface area contributed by atoms with Gasteiger partial charge in [0.2, 0.25) is 5.91 Å². The Bertz CT molecular complexity index is 211. The highest BCUT2D eigenvalue weighted by atomic mass is 35.5. The lowest BCUT2D eigenvalue weighted by molar-refractivity contribution is -0.134. The lowest BCUT2D eigenvalue weighted by Gasteiger charge is -2.24. The predicted molar refractivity (Wildman–Crippen MR) is 66.9 cm³/mol. The first-order valence-corrected chi connectivity index (χ1v) is 5.59. The standard InChI is InChI=1S/C11H22N2O2.ClH/c1-11(2,3)4-5-13-10(14)9-8-12-6-7-15-9;/h9,12H,4-8H2,1-3H3,(H,13,14);1H. The fourth-order valence-electron chi connectivity index (χ4n) is 1.41. The first-order valence-electron chi connectivity index (χ1n) is 5.59. The van der Waals surface area contributed by atoms with Crippen LogP contribution in [-0.2, 0) is 9.53 Å². The van der Waals surface area contributed by atoms with Crippen LogP contribution in [0.25, 0.3) is 0 Å². The SMILES string of the molecule is CC(C)(C)CCNC(=O)C1CNCCO1.Cl. The van der Waals surface area contributed by atoms with Gasteiger partial charge in [-0.05, 0) is 11.8 Å². The van der Waals surface area contributed by atoms with Gasteiger partial charge in [-0.2, -0.15) is 0 Å². The number of amides is 1. The molecule has 1 atom stereocenters. The first-order chi connectivity index (χ1) is 6.99. The molecule has 1 unspecified atom stereocenters. The Kier molecular flexibility index (Phi) is 6.95. The van der Waals surface area contributed by atoms with Gasteiger partial charge in [0.15, 0.2) is 0 Å². The van der Waals surface area contributed by atoms with Crippen molar-refractivity contribution in [3.8, 4) is 0 Å². The summed E-state index contributed by atoms with van der Waals surface area (Å²) in [5.74, 6) is 0.00597. The zero-order chi connectivity index (χ0) is 11.3. The van der Waals surface area contributed by atoms with E-state index in [0.717, 1.165) is 19.5 Å². The highest BCUT2D eigenvalue weighted by Crippen LogP contribution is 2.16. The molecule has 2 N–H and O–H groups in total. The summed E-state index contributed by atoms with van der Waals surface area (Å²) in [6.07, 6.45) is 0.678. The summed E-state index contributed by atoms with van der Waals surface area (Å²) in [4.78, 5) is 11.6. The summed E-state index contributed by atoms with van der Waals surface area (Å²) in [7, 11) is 0. The van der Waals surface area contributed by atoms with E-state index in [1.54, 1.807) is 0 Å². The molecule has 1 fully saturated rings. The molecular weight excluding hydrogens is 228 g/mol. The average molecular weight is 251 g/mol. The molecule has 5 heteroatoms. The van der Waals surface area contributed by atoms with Crippen molar-refractivity contribution in [2.75, 3.05) is 26.2 Å². The van der Waals surface area contributed by atoms with Crippen LogP contribution in [-0.4, -0.2) is 38.3 Å². The van der Waals surface area contributed by atoms with Gasteiger partial charge < -0.3 is 15.4 Å². The fourth-order valence-corrected chi connectivity index (χ4v) is 1.41. The molecule has 0 aromatic heterocycles. The second-order valence-corrected chi connectivity index (χ2v) is 5.17. The molecule has 1 saturated heterocycles. The maximum atomic E-state index is 11.6. The quantitative estimate of drug-likeness (QED) is 0.784. The number of nitrogens with one attached hydrogen (secondary N) is 2. The van der Waals surface area contributed by atoms with Crippen molar-refractivity contribution < 1.29 is 9.53 Å². The molecule has 0 aliphatic carbocycles. The second kappa shape index (κ2) is 7.09. The summed E-state index contributed by atoms with van der Waals surface area (Å²) in [5.41, 5.74) is 0.263. The van der Waals surface area contributed by atoms with Crippen LogP contribution >= 0.6 is 12.4 Å². The fraction of sp³-hybridized carbons (Fsp3) is 0.909. The number of rotatable bonds is 3. The minimum Gasteiger partial charge on any atom is -0.366 e. The molecule has 1 aliphatic rings. The maximum absolute atomic E-state index is 11.6. The molecule has 0 bridgehead atoms. The summed E-state index contributed by atoms with van der Waals surface area (Å²) < 4.78 is 5.35. The Balaban J connectivity index is 0.00000225. The maximum Gasteiger partial charge on any atom is 0.250 e. The van der Waals surface area contributed by atoms with Crippen molar-refractivity contribution in [1.82, 2.24) is 10.6 Å². The van der Waals surface area contributed by atoms with E-state index in [1.165, 1.54) is 0 Å². The number of ether oxygens (including phenoxy) is 1. The summed E-state index contributed by atoms with van der Waals surface area (Å²) >= 11 is 0. The molecule has 96 valence electrons. The number of hydrogen-bond acceptors (Lipinski definition) is 3. The lowest BCUT2D eigenvalue weighted by atomic mass is 9.92. The Labute approximate surface area is 104 Å². The Morgan fingerprint density at radius 1 is 1.50 bits per heavy atom. The minimum absolute atomic E-state index is 0. The van der Waals surface area contributed by atoms with Crippen LogP contribution in [0.2, 0.25) is 0 Å². The summed E-state index contributed by atoms with van der Waals surface area (Å²) in [6, 6.07) is 0. The predicted octanol–water partition coefficient (Wildman–Crippen LogP) is 0.949. The third-order valence-electron chi connectivity index (χ3n) is 2.39. The number of carbonyl (C=O) groups is 1. The number of morpholine rings is 1. The van der Waals surface area contributed by atoms with Crippen molar-refractivity contribution in [3.63, 3.8) is 0 Å². The second-order valence-electron chi connectivity index (χ2n) is 5.17. The molecule has 1 rings (SSSR count). The summed E-state index contributed by atoms with van der Waals surface area (Å²) in [5, 5.41) is 6.04. The largest absolute Gasteiger partial charge is 0.366 e. The highest BCUT2D eigenvalue weighted by Gasteiger charge is 2.21. The third-order valence-corrected chi connectivity index (χ3v) is 2.39. The molecule has 0 saturated carbocycles. The first kappa shape index (κ1) is 15.7. The van der Waals surface area contributed by atoms with Crippen LogP contribution in [0, 0.1) is 5.41 Å². The molecular formula is C11H23ClN2O2. The zero-order valence-electron chi connectivity index (χ0n) is 10.3. The van der Waals surface area contributed by atoms with E-state index in [0.29, 0.717) is 13.2 Å². The van der Waals surface area contributed by atoms with Crippen LogP contribution in [0.3, 0.4) is 0 Å². The van der Waals surface area contributed by atoms with Gasteiger partial charge in [0, 0.05) is 19.6 Å². The van der Waals surface area contributed by atoms with Crippen molar-refractivity contribution in [2.45, 2.75) is 33.3 Å². The zero-order valence-corrected chi connectivity index (χ0v) is 11.2. The van der Waals surface area contributed by atoms with Gasteiger partial charge in [-0.3, -0.25) is 4.79 Å². The lowest BCUT2D eigenvalue weighted by Crippen LogP contribution is -2.48. The van der Waals surface area contributed by atoms with E-state index < -0.39 is 0 Å². The molecule has 1 heterocycles. The van der Waals surface area contributed by atoms with Crippen molar-refractivity contribution >= 4 is 18.3 Å². The monoisotopic (exact) mass is 250 g/mol. The van der Waals surface area contributed by atoms with Crippen molar-refractivity contribution in [1.29, 1.82) is 0 Å². The van der Waals surface area contributed by atoms with E-state index in [9.17, 15) is 4.79 Å². The average Bonchev–Trinajstić information content (AvgIpc) is 2.17. The topological polar surface area (TPSA) is 50.4 Å². The van der Waals surface area contributed by atoms with E-state index in [2.05, 4.69) is 31.4 Å². The van der Waals surface area contributed by atoms with Crippen molar-refractivity contribution in [2.24, 2.45) is 5.41 Å². The smallest absolute Gasteiger partial charge is 0.250 e. The molecule has 16 heavy (non-hydrogen) atoms. The van der Waals surface area contributed by atoms with Gasteiger partial charge in [0.25, 0.3) is 0 Å². The Morgan fingerprint density at radius 2 is 2.19 bits per heavy atom. The van der Waals surface area contributed by atoms with Gasteiger partial charge in [0.1, 0.15) is 6.10 Å². The van der Waals surface area contributed by atoms with Gasteiger partial charge >= 0.3 is 0 Å². The van der Waals surface area contributed by atoms with E-state index in [4.69, 9.17) is 4.74 Å². The molecule has 1 amide bonds. The normalized spacial score (nSPS) is 21.1. The van der Waals surface area contributed by atoms with Crippen LogP contribution in [0.4, 0.5) is 0 Å². The van der Waals surface area contributed by atoms with Crippen molar-refractivity contribution in [3.05, 3.63) is 0 Å².